The quantitative estimate of drug-likeness (QED) is 0.254. The van der Waals surface area contributed by atoms with Crippen molar-refractivity contribution in [2.45, 2.75) is 25.7 Å². The maximum atomic E-state index is 12.9. The third-order valence-corrected chi connectivity index (χ3v) is 6.11. The van der Waals surface area contributed by atoms with E-state index in [1.165, 1.54) is 18.2 Å². The van der Waals surface area contributed by atoms with Crippen LogP contribution in [0.5, 0.6) is 11.5 Å². The van der Waals surface area contributed by atoms with Gasteiger partial charge in [0.1, 0.15) is 17.3 Å². The van der Waals surface area contributed by atoms with Gasteiger partial charge in [-0.15, -0.1) is 0 Å². The number of ketones is 1. The molecule has 5 nitrogen and oxygen atoms in total. The smallest absolute Gasteiger partial charge is 0.339 e. The molecule has 0 heterocycles. The minimum absolute atomic E-state index is 0.0406. The number of aryl methyl sites for hydroxylation is 1. The monoisotopic (exact) mass is 452 g/mol. The number of hydrogen-bond donors (Lipinski definition) is 0. The molecular weight excluding hydrogens is 432 g/mol. The summed E-state index contributed by atoms with van der Waals surface area (Å²) < 4.78 is 36.5. The average molecular weight is 453 g/mol. The maximum Gasteiger partial charge on any atom is 0.339 e. The number of ether oxygens (including phenoxy) is 1. The normalized spacial score (nSPS) is 11.1. The largest absolute Gasteiger partial charge is 0.489 e. The first kappa shape index (κ1) is 21.2. The lowest BCUT2D eigenvalue weighted by Gasteiger charge is -2.15. The Morgan fingerprint density at radius 2 is 1.85 bits per heavy atom. The van der Waals surface area contributed by atoms with Crippen LogP contribution in [-0.4, -0.2) is 26.1 Å². The molecule has 0 unspecified atom stereocenters. The molecule has 0 saturated carbocycles. The van der Waals surface area contributed by atoms with Gasteiger partial charge in [0.15, 0.2) is 11.5 Å². The van der Waals surface area contributed by atoms with E-state index in [0.29, 0.717) is 11.3 Å². The van der Waals surface area contributed by atoms with Gasteiger partial charge in [-0.25, -0.2) is 0 Å². The summed E-state index contributed by atoms with van der Waals surface area (Å²) in [5.41, 5.74) is 2.63. The highest BCUT2D eigenvalue weighted by Crippen LogP contribution is 2.30. The molecule has 0 aliphatic carbocycles. The van der Waals surface area contributed by atoms with Gasteiger partial charge in [0.05, 0.1) is 10.9 Å². The average Bonchev–Trinajstić information content (AvgIpc) is 2.63. The van der Waals surface area contributed by atoms with Gasteiger partial charge in [-0.2, -0.15) is 8.42 Å². The van der Waals surface area contributed by atoms with Crippen LogP contribution in [0.2, 0.25) is 0 Å². The second-order valence-electron chi connectivity index (χ2n) is 5.98. The van der Waals surface area contributed by atoms with Crippen LogP contribution in [0, 0.1) is 20.8 Å². The zero-order chi connectivity index (χ0) is 20.2. The predicted molar refractivity (Wildman–Crippen MR) is 109 cm³/mol. The molecule has 2 aromatic rings. The van der Waals surface area contributed by atoms with Crippen molar-refractivity contribution in [3.05, 3.63) is 65.2 Å². The van der Waals surface area contributed by atoms with Gasteiger partial charge in [0, 0.05) is 6.07 Å². The SMILES string of the molecule is C=CCOc1ccc(C(=O)CBr)c(OS(=O)(=O)c2ccc(C)c(C)c2C)c1. The molecule has 0 fully saturated rings. The Morgan fingerprint density at radius 3 is 2.48 bits per heavy atom. The first-order chi connectivity index (χ1) is 12.7. The molecule has 0 amide bonds. The molecule has 0 radical (unpaired) electrons. The molecule has 0 atom stereocenters. The van der Waals surface area contributed by atoms with Crippen molar-refractivity contribution in [1.29, 1.82) is 0 Å². The van der Waals surface area contributed by atoms with Gasteiger partial charge < -0.3 is 8.92 Å². The molecular formula is C20H21BrO5S. The van der Waals surface area contributed by atoms with Crippen molar-refractivity contribution < 1.29 is 22.1 Å². The second kappa shape index (κ2) is 8.71. The van der Waals surface area contributed by atoms with Crippen molar-refractivity contribution in [3.8, 4) is 11.5 Å². The molecule has 2 aromatic carbocycles. The number of benzene rings is 2. The molecule has 0 aliphatic rings. The number of carbonyl (C=O) groups excluding carboxylic acids is 1. The third kappa shape index (κ3) is 4.78. The van der Waals surface area contributed by atoms with Crippen LogP contribution < -0.4 is 8.92 Å². The van der Waals surface area contributed by atoms with Crippen molar-refractivity contribution in [2.75, 3.05) is 11.9 Å². The lowest BCUT2D eigenvalue weighted by Crippen LogP contribution is -2.15. The Hall–Kier alpha value is -2.12. The van der Waals surface area contributed by atoms with Crippen LogP contribution in [0.4, 0.5) is 0 Å². The second-order valence-corrected chi connectivity index (χ2v) is 8.06. The van der Waals surface area contributed by atoms with E-state index in [4.69, 9.17) is 8.92 Å². The highest BCUT2D eigenvalue weighted by molar-refractivity contribution is 9.09. The van der Waals surface area contributed by atoms with E-state index in [2.05, 4.69) is 22.5 Å². The molecule has 0 N–H and O–H groups in total. The van der Waals surface area contributed by atoms with E-state index < -0.39 is 10.1 Å². The van der Waals surface area contributed by atoms with Crippen LogP contribution in [0.15, 0.2) is 47.9 Å². The van der Waals surface area contributed by atoms with Gasteiger partial charge in [-0.1, -0.05) is 34.7 Å². The van der Waals surface area contributed by atoms with Crippen molar-refractivity contribution in [1.82, 2.24) is 0 Å². The molecule has 7 heteroatoms. The molecule has 0 aliphatic heterocycles. The van der Waals surface area contributed by atoms with Gasteiger partial charge in [0.25, 0.3) is 0 Å². The van der Waals surface area contributed by atoms with Gasteiger partial charge in [-0.05, 0) is 55.7 Å². The molecule has 0 aromatic heterocycles. The summed E-state index contributed by atoms with van der Waals surface area (Å²) in [5.74, 6) is 0.00829. The van der Waals surface area contributed by atoms with Crippen molar-refractivity contribution in [3.63, 3.8) is 0 Å². The summed E-state index contributed by atoms with van der Waals surface area (Å²) in [7, 11) is -4.13. The summed E-state index contributed by atoms with van der Waals surface area (Å²) in [6, 6.07) is 7.71. The molecule has 0 bridgehead atoms. The fourth-order valence-electron chi connectivity index (χ4n) is 2.48. The van der Waals surface area contributed by atoms with Crippen LogP contribution >= 0.6 is 15.9 Å². The molecule has 27 heavy (non-hydrogen) atoms. The summed E-state index contributed by atoms with van der Waals surface area (Å²) >= 11 is 3.10. The number of halogens is 1. The maximum absolute atomic E-state index is 12.9. The van der Waals surface area contributed by atoms with E-state index in [0.717, 1.165) is 11.1 Å². The standard InChI is InChI=1S/C20H21BrO5S/c1-5-10-25-16-7-8-17(18(22)12-21)19(11-16)26-27(23,24)20-9-6-13(2)14(3)15(20)4/h5-9,11H,1,10,12H2,2-4H3. The number of Topliss-reactive ketones (excluding diaryl/α,β-unsaturated/α-hetero) is 1. The van der Waals surface area contributed by atoms with Crippen molar-refractivity contribution in [2.24, 2.45) is 0 Å². The zero-order valence-electron chi connectivity index (χ0n) is 15.4. The lowest BCUT2D eigenvalue weighted by molar-refractivity contribution is 0.102. The first-order valence-electron chi connectivity index (χ1n) is 8.19. The highest BCUT2D eigenvalue weighted by atomic mass is 79.9. The predicted octanol–water partition coefficient (Wildman–Crippen LogP) is 4.52. The fourth-order valence-corrected chi connectivity index (χ4v) is 4.01. The van der Waals surface area contributed by atoms with Crippen molar-refractivity contribution >= 4 is 31.8 Å². The number of rotatable bonds is 8. The van der Waals surface area contributed by atoms with Crippen LogP contribution in [0.3, 0.4) is 0 Å². The summed E-state index contributed by atoms with van der Waals surface area (Å²) in [6.45, 7) is 9.31. The lowest BCUT2D eigenvalue weighted by atomic mass is 10.1. The first-order valence-corrected chi connectivity index (χ1v) is 10.7. The Morgan fingerprint density at radius 1 is 1.15 bits per heavy atom. The van der Waals surface area contributed by atoms with Gasteiger partial charge in [-0.3, -0.25) is 4.79 Å². The molecule has 0 saturated heterocycles. The molecule has 0 spiro atoms. The van der Waals surface area contributed by atoms with Gasteiger partial charge >= 0.3 is 10.1 Å². The van der Waals surface area contributed by atoms with Crippen LogP contribution in [0.1, 0.15) is 27.0 Å². The number of alkyl halides is 1. The van der Waals surface area contributed by atoms with E-state index in [1.807, 2.05) is 13.8 Å². The van der Waals surface area contributed by atoms with Crippen LogP contribution in [0.25, 0.3) is 0 Å². The number of hydrogen-bond acceptors (Lipinski definition) is 5. The summed E-state index contributed by atoms with van der Waals surface area (Å²) in [4.78, 5) is 12.2. The van der Waals surface area contributed by atoms with E-state index in [9.17, 15) is 13.2 Å². The number of carbonyl (C=O) groups is 1. The van der Waals surface area contributed by atoms with E-state index in [-0.39, 0.29) is 33.9 Å². The molecule has 144 valence electrons. The summed E-state index contributed by atoms with van der Waals surface area (Å²) in [5, 5.41) is 0.0406. The Bertz CT molecular complexity index is 980. The molecule has 2 rings (SSSR count). The Balaban J connectivity index is 2.51. The fraction of sp³-hybridized carbons (Fsp3) is 0.250. The highest BCUT2D eigenvalue weighted by Gasteiger charge is 2.24. The Kier molecular flexibility index (Phi) is 6.84. The third-order valence-electron chi connectivity index (χ3n) is 4.22. The summed E-state index contributed by atoms with van der Waals surface area (Å²) in [6.07, 6.45) is 1.56. The Labute approximate surface area is 168 Å². The van der Waals surface area contributed by atoms with Gasteiger partial charge in [0.2, 0.25) is 0 Å². The van der Waals surface area contributed by atoms with E-state index in [1.54, 1.807) is 25.1 Å². The minimum Gasteiger partial charge on any atom is -0.489 e. The zero-order valence-corrected chi connectivity index (χ0v) is 17.8. The minimum atomic E-state index is -4.13. The topological polar surface area (TPSA) is 69.7 Å². The van der Waals surface area contributed by atoms with Crippen LogP contribution in [-0.2, 0) is 10.1 Å². The van der Waals surface area contributed by atoms with E-state index >= 15 is 0 Å².